The smallest absolute Gasteiger partial charge is 0.00950 e. The summed E-state index contributed by atoms with van der Waals surface area (Å²) in [6.07, 6.45) is 7.13. The van der Waals surface area contributed by atoms with Crippen molar-refractivity contribution < 1.29 is 0 Å². The van der Waals surface area contributed by atoms with Crippen molar-refractivity contribution in [1.29, 1.82) is 0 Å². The molecule has 0 aromatic carbocycles. The summed E-state index contributed by atoms with van der Waals surface area (Å²) >= 11 is 0. The van der Waals surface area contributed by atoms with Gasteiger partial charge in [0, 0.05) is 12.1 Å². The molecule has 1 nitrogen and oxygen atoms in total. The van der Waals surface area contributed by atoms with Gasteiger partial charge in [0.25, 0.3) is 0 Å². The molecule has 0 aromatic rings. The molecule has 0 radical (unpaired) electrons. The van der Waals surface area contributed by atoms with Gasteiger partial charge in [0.1, 0.15) is 0 Å². The first-order chi connectivity index (χ1) is 5.74. The number of hydrogen-bond acceptors (Lipinski definition) is 1. The van der Waals surface area contributed by atoms with Crippen LogP contribution in [0.1, 0.15) is 52.9 Å². The zero-order chi connectivity index (χ0) is 8.97. The first-order valence-electron chi connectivity index (χ1n) is 5.50. The van der Waals surface area contributed by atoms with Crippen molar-refractivity contribution in [3.8, 4) is 0 Å². The summed E-state index contributed by atoms with van der Waals surface area (Å²) in [4.78, 5) is 0. The fourth-order valence-corrected chi connectivity index (χ4v) is 2.38. The van der Waals surface area contributed by atoms with Crippen LogP contribution in [0.3, 0.4) is 0 Å². The van der Waals surface area contributed by atoms with Gasteiger partial charge < -0.3 is 5.32 Å². The minimum atomic E-state index is 0.649. The standard InChI is InChI=1S/C11H23N/c1-4-11(12-9(2)3)10-7-5-6-8-10/h9-12H,4-8H2,1-3H3. The fourth-order valence-electron chi connectivity index (χ4n) is 2.38. The minimum Gasteiger partial charge on any atom is -0.312 e. The molecule has 1 atom stereocenters. The minimum absolute atomic E-state index is 0.649. The van der Waals surface area contributed by atoms with Crippen molar-refractivity contribution >= 4 is 0 Å². The maximum Gasteiger partial charge on any atom is 0.00950 e. The van der Waals surface area contributed by atoms with E-state index in [0.29, 0.717) is 6.04 Å². The first kappa shape index (κ1) is 10.0. The van der Waals surface area contributed by atoms with E-state index >= 15 is 0 Å². The fraction of sp³-hybridized carbons (Fsp3) is 1.00. The molecule has 72 valence electrons. The lowest BCUT2D eigenvalue weighted by atomic mass is 9.95. The van der Waals surface area contributed by atoms with E-state index in [1.807, 2.05) is 0 Å². The first-order valence-corrected chi connectivity index (χ1v) is 5.50. The third-order valence-electron chi connectivity index (χ3n) is 2.96. The lowest BCUT2D eigenvalue weighted by molar-refractivity contribution is 0.328. The van der Waals surface area contributed by atoms with Crippen LogP contribution < -0.4 is 5.32 Å². The topological polar surface area (TPSA) is 12.0 Å². The van der Waals surface area contributed by atoms with Gasteiger partial charge in [-0.25, -0.2) is 0 Å². The van der Waals surface area contributed by atoms with E-state index in [4.69, 9.17) is 0 Å². The molecule has 12 heavy (non-hydrogen) atoms. The number of nitrogens with one attached hydrogen (secondary N) is 1. The average Bonchev–Trinajstić information content (AvgIpc) is 2.51. The highest BCUT2D eigenvalue weighted by molar-refractivity contribution is 4.80. The van der Waals surface area contributed by atoms with Crippen LogP contribution in [0.15, 0.2) is 0 Å². The van der Waals surface area contributed by atoms with Gasteiger partial charge in [0.05, 0.1) is 0 Å². The van der Waals surface area contributed by atoms with Crippen molar-refractivity contribution in [3.63, 3.8) is 0 Å². The molecule has 0 aromatic heterocycles. The maximum absolute atomic E-state index is 3.67. The summed E-state index contributed by atoms with van der Waals surface area (Å²) in [6.45, 7) is 6.80. The molecule has 1 fully saturated rings. The molecule has 1 aliphatic rings. The van der Waals surface area contributed by atoms with Gasteiger partial charge >= 0.3 is 0 Å². The Bertz CT molecular complexity index is 114. The van der Waals surface area contributed by atoms with E-state index < -0.39 is 0 Å². The molecule has 1 saturated carbocycles. The van der Waals surface area contributed by atoms with Crippen molar-refractivity contribution in [2.24, 2.45) is 5.92 Å². The van der Waals surface area contributed by atoms with Gasteiger partial charge in [-0.15, -0.1) is 0 Å². The quantitative estimate of drug-likeness (QED) is 0.682. The summed E-state index contributed by atoms with van der Waals surface area (Å²) in [5.74, 6) is 0.970. The highest BCUT2D eigenvalue weighted by atomic mass is 14.9. The molecule has 0 aliphatic heterocycles. The third kappa shape index (κ3) is 2.78. The van der Waals surface area contributed by atoms with Gasteiger partial charge in [0.15, 0.2) is 0 Å². The van der Waals surface area contributed by atoms with Crippen molar-refractivity contribution in [2.75, 3.05) is 0 Å². The van der Waals surface area contributed by atoms with Crippen LogP contribution in [0, 0.1) is 5.92 Å². The summed E-state index contributed by atoms with van der Waals surface area (Å²) in [6, 6.07) is 1.43. The lowest BCUT2D eigenvalue weighted by Gasteiger charge is -2.25. The van der Waals surface area contributed by atoms with Crippen molar-refractivity contribution in [2.45, 2.75) is 65.0 Å². The molecular formula is C11H23N. The Balaban J connectivity index is 2.32. The zero-order valence-electron chi connectivity index (χ0n) is 8.77. The monoisotopic (exact) mass is 169 g/mol. The van der Waals surface area contributed by atoms with E-state index in [1.54, 1.807) is 0 Å². The Kier molecular flexibility index (Phi) is 4.07. The van der Waals surface area contributed by atoms with Gasteiger partial charge in [-0.3, -0.25) is 0 Å². The van der Waals surface area contributed by atoms with Crippen LogP contribution in [0.4, 0.5) is 0 Å². The molecule has 0 spiro atoms. The maximum atomic E-state index is 3.67. The normalized spacial score (nSPS) is 22.0. The van der Waals surface area contributed by atoms with Crippen LogP contribution in [0.5, 0.6) is 0 Å². The van der Waals surface area contributed by atoms with Crippen molar-refractivity contribution in [1.82, 2.24) is 5.32 Å². The van der Waals surface area contributed by atoms with Crippen LogP contribution >= 0.6 is 0 Å². The molecule has 0 heterocycles. The second-order valence-corrected chi connectivity index (χ2v) is 4.38. The average molecular weight is 169 g/mol. The molecule has 0 amide bonds. The van der Waals surface area contributed by atoms with Crippen LogP contribution in [0.25, 0.3) is 0 Å². The van der Waals surface area contributed by atoms with Gasteiger partial charge in [-0.05, 0) is 25.2 Å². The Morgan fingerprint density at radius 3 is 2.25 bits per heavy atom. The van der Waals surface area contributed by atoms with E-state index in [0.717, 1.165) is 12.0 Å². The Morgan fingerprint density at radius 2 is 1.83 bits per heavy atom. The summed E-state index contributed by atoms with van der Waals surface area (Å²) in [5.41, 5.74) is 0. The highest BCUT2D eigenvalue weighted by Crippen LogP contribution is 2.29. The predicted molar refractivity (Wildman–Crippen MR) is 54.3 cm³/mol. The molecule has 1 N–H and O–H groups in total. The molecule has 1 aliphatic carbocycles. The molecular weight excluding hydrogens is 146 g/mol. The largest absolute Gasteiger partial charge is 0.312 e. The van der Waals surface area contributed by atoms with Crippen LogP contribution in [0.2, 0.25) is 0 Å². The third-order valence-corrected chi connectivity index (χ3v) is 2.96. The molecule has 1 heteroatoms. The lowest BCUT2D eigenvalue weighted by Crippen LogP contribution is -2.39. The van der Waals surface area contributed by atoms with Crippen LogP contribution in [-0.2, 0) is 0 Å². The van der Waals surface area contributed by atoms with E-state index in [-0.39, 0.29) is 0 Å². The Morgan fingerprint density at radius 1 is 1.25 bits per heavy atom. The Hall–Kier alpha value is -0.0400. The van der Waals surface area contributed by atoms with E-state index in [2.05, 4.69) is 26.1 Å². The van der Waals surface area contributed by atoms with Crippen LogP contribution in [-0.4, -0.2) is 12.1 Å². The Labute approximate surface area is 76.9 Å². The summed E-state index contributed by atoms with van der Waals surface area (Å²) in [7, 11) is 0. The molecule has 1 rings (SSSR count). The molecule has 0 saturated heterocycles. The summed E-state index contributed by atoms with van der Waals surface area (Å²) in [5, 5.41) is 3.67. The second-order valence-electron chi connectivity index (χ2n) is 4.38. The molecule has 1 unspecified atom stereocenters. The zero-order valence-corrected chi connectivity index (χ0v) is 8.77. The number of rotatable bonds is 4. The van der Waals surface area contributed by atoms with Gasteiger partial charge in [-0.1, -0.05) is 33.6 Å². The predicted octanol–water partition coefficient (Wildman–Crippen LogP) is 2.95. The van der Waals surface area contributed by atoms with Crippen molar-refractivity contribution in [3.05, 3.63) is 0 Å². The summed E-state index contributed by atoms with van der Waals surface area (Å²) < 4.78 is 0. The second kappa shape index (κ2) is 4.86. The highest BCUT2D eigenvalue weighted by Gasteiger charge is 2.23. The van der Waals surface area contributed by atoms with Gasteiger partial charge in [-0.2, -0.15) is 0 Å². The molecule has 0 bridgehead atoms. The van der Waals surface area contributed by atoms with Gasteiger partial charge in [0.2, 0.25) is 0 Å². The van der Waals surface area contributed by atoms with E-state index in [1.165, 1.54) is 32.1 Å². The number of hydrogen-bond donors (Lipinski definition) is 1. The van der Waals surface area contributed by atoms with E-state index in [9.17, 15) is 0 Å². The SMILES string of the molecule is CCC(NC(C)C)C1CCCC1.